The molecule has 2 nitrogen and oxygen atoms in total. The van der Waals surface area contributed by atoms with Crippen LogP contribution < -0.4 is 0 Å². The lowest BCUT2D eigenvalue weighted by Crippen LogP contribution is -2.15. The summed E-state index contributed by atoms with van der Waals surface area (Å²) in [6.07, 6.45) is 0. The molecule has 38 valence electrons. The first kappa shape index (κ1) is 5.92. The van der Waals surface area contributed by atoms with Crippen molar-refractivity contribution in [3.05, 3.63) is 0 Å². The van der Waals surface area contributed by atoms with Gasteiger partial charge in [0.15, 0.2) is 0 Å². The Kier molecular flexibility index (Phi) is 3.08. The molecule has 0 aromatic carbocycles. The summed E-state index contributed by atoms with van der Waals surface area (Å²) < 4.78 is 0. The zero-order valence-corrected chi connectivity index (χ0v) is 4.31. The SMILES string of the molecule is [13CH3][15N]([13CH3])CCO. The maximum Gasteiger partial charge on any atom is 0.0558 e. The molecule has 0 aromatic heterocycles. The molecule has 0 amide bonds. The summed E-state index contributed by atoms with van der Waals surface area (Å²) in [7, 11) is 3.85. The van der Waals surface area contributed by atoms with Crippen LogP contribution in [0, 0.1) is 0 Å². The summed E-state index contributed by atoms with van der Waals surface area (Å²) >= 11 is 0. The van der Waals surface area contributed by atoms with E-state index in [0.717, 1.165) is 6.54 Å². The van der Waals surface area contributed by atoms with Gasteiger partial charge in [-0.2, -0.15) is 0 Å². The lowest BCUT2D eigenvalue weighted by Gasteiger charge is -2.03. The standard InChI is InChI=1S/C4H11NO/c1-5(2)3-4-6/h6H,3-4H2,1-2H3/i1+1,2+1,5+1. The van der Waals surface area contributed by atoms with Crippen LogP contribution in [0.4, 0.5) is 0 Å². The smallest absolute Gasteiger partial charge is 0.0558 e. The van der Waals surface area contributed by atoms with Gasteiger partial charge in [-0.25, -0.2) is 0 Å². The molecule has 0 saturated heterocycles. The second-order valence-corrected chi connectivity index (χ2v) is 1.53. The summed E-state index contributed by atoms with van der Waals surface area (Å²) in [5.74, 6) is 0. The van der Waals surface area contributed by atoms with Crippen molar-refractivity contribution in [2.45, 2.75) is 0 Å². The van der Waals surface area contributed by atoms with E-state index in [4.69, 9.17) is 5.11 Å². The fourth-order valence-electron chi connectivity index (χ4n) is 0.200. The first-order valence-corrected chi connectivity index (χ1v) is 2.03. The van der Waals surface area contributed by atoms with Gasteiger partial charge in [0.25, 0.3) is 0 Å². The molecule has 0 atom stereocenters. The molecule has 0 radical (unpaired) electrons. The summed E-state index contributed by atoms with van der Waals surface area (Å²) in [4.78, 5) is 1.93. The molecule has 0 aliphatic heterocycles. The van der Waals surface area contributed by atoms with Gasteiger partial charge in [0.1, 0.15) is 0 Å². The van der Waals surface area contributed by atoms with E-state index in [1.54, 1.807) is 0 Å². The number of rotatable bonds is 2. The van der Waals surface area contributed by atoms with Gasteiger partial charge in [-0.15, -0.1) is 0 Å². The Morgan fingerprint density at radius 1 is 1.50 bits per heavy atom. The molecule has 0 aliphatic carbocycles. The number of hydrogen-bond acceptors (Lipinski definition) is 2. The van der Waals surface area contributed by atoms with Crippen LogP contribution in [-0.2, 0) is 0 Å². The molecule has 0 saturated carbocycles. The second kappa shape index (κ2) is 3.12. The van der Waals surface area contributed by atoms with E-state index >= 15 is 0 Å². The van der Waals surface area contributed by atoms with Gasteiger partial charge in [0.05, 0.1) is 6.61 Å². The van der Waals surface area contributed by atoms with E-state index in [9.17, 15) is 0 Å². The molecule has 0 aromatic rings. The van der Waals surface area contributed by atoms with Crippen LogP contribution in [0.5, 0.6) is 0 Å². The first-order chi connectivity index (χ1) is 2.77. The molecule has 0 spiro atoms. The lowest BCUT2D eigenvalue weighted by molar-refractivity contribution is 0.243. The number of nitrogens with zero attached hydrogens (tertiary/aromatic N) is 1. The van der Waals surface area contributed by atoms with E-state index in [1.807, 2.05) is 19.0 Å². The molecule has 0 unspecified atom stereocenters. The molecule has 0 heterocycles. The van der Waals surface area contributed by atoms with E-state index in [2.05, 4.69) is 0 Å². The quantitative estimate of drug-likeness (QED) is 0.368. The zero-order valence-electron chi connectivity index (χ0n) is 4.31. The number of aliphatic hydroxyl groups excluding tert-OH is 1. The van der Waals surface area contributed by atoms with Crippen molar-refractivity contribution >= 4 is 0 Å². The largest absolute Gasteiger partial charge is 0.395 e. The number of hydrogen-bond donors (Lipinski definition) is 1. The van der Waals surface area contributed by atoms with Crippen LogP contribution in [0.15, 0.2) is 0 Å². The monoisotopic (exact) mass is 92.1 g/mol. The minimum absolute atomic E-state index is 0.257. The van der Waals surface area contributed by atoms with Crippen molar-refractivity contribution in [3.63, 3.8) is 0 Å². The van der Waals surface area contributed by atoms with Crippen LogP contribution in [0.25, 0.3) is 0 Å². The molecular formula is C4H11NO. The highest BCUT2D eigenvalue weighted by Crippen LogP contribution is 1.66. The van der Waals surface area contributed by atoms with E-state index in [-0.39, 0.29) is 6.61 Å². The van der Waals surface area contributed by atoms with Gasteiger partial charge in [-0.3, -0.25) is 0 Å². The normalized spacial score (nSPS) is 10.0. The van der Waals surface area contributed by atoms with Crippen LogP contribution in [0.1, 0.15) is 0 Å². The van der Waals surface area contributed by atoms with Gasteiger partial charge in [-0.1, -0.05) is 0 Å². The average Bonchev–Trinajstić information content (AvgIpc) is 1.35. The fraction of sp³-hybridized carbons (Fsp3) is 1.00. The van der Waals surface area contributed by atoms with Crippen molar-refractivity contribution < 1.29 is 5.11 Å². The summed E-state index contributed by atoms with van der Waals surface area (Å²) in [6, 6.07) is 0. The van der Waals surface area contributed by atoms with Gasteiger partial charge in [-0.05, 0) is 14.1 Å². The minimum atomic E-state index is 0.257. The van der Waals surface area contributed by atoms with E-state index in [1.165, 1.54) is 0 Å². The number of aliphatic hydroxyl groups is 1. The third-order valence-electron chi connectivity index (χ3n) is 0.547. The Morgan fingerprint density at radius 2 is 2.00 bits per heavy atom. The van der Waals surface area contributed by atoms with Crippen molar-refractivity contribution in [2.24, 2.45) is 0 Å². The Hall–Kier alpha value is -0.0800. The van der Waals surface area contributed by atoms with Crippen LogP contribution in [0.3, 0.4) is 0 Å². The molecular weight excluding hydrogens is 81.0 g/mol. The van der Waals surface area contributed by atoms with Gasteiger partial charge in [0, 0.05) is 6.54 Å². The van der Waals surface area contributed by atoms with Gasteiger partial charge < -0.3 is 10.0 Å². The minimum Gasteiger partial charge on any atom is -0.395 e. The van der Waals surface area contributed by atoms with Crippen LogP contribution in [-0.4, -0.2) is 37.3 Å². The summed E-state index contributed by atoms with van der Waals surface area (Å²) in [5.41, 5.74) is 0. The second-order valence-electron chi connectivity index (χ2n) is 1.53. The lowest BCUT2D eigenvalue weighted by atomic mass is 10.8. The summed E-state index contributed by atoms with van der Waals surface area (Å²) in [5, 5.41) is 8.20. The van der Waals surface area contributed by atoms with Crippen molar-refractivity contribution in [3.8, 4) is 0 Å². The topological polar surface area (TPSA) is 23.5 Å². The van der Waals surface area contributed by atoms with Crippen molar-refractivity contribution in [1.82, 2.24) is 4.90 Å². The molecule has 6 heavy (non-hydrogen) atoms. The van der Waals surface area contributed by atoms with Crippen LogP contribution in [0.2, 0.25) is 0 Å². The van der Waals surface area contributed by atoms with E-state index < -0.39 is 0 Å². The molecule has 1 N–H and O–H groups in total. The van der Waals surface area contributed by atoms with Crippen molar-refractivity contribution in [2.75, 3.05) is 27.2 Å². The Labute approximate surface area is 38.4 Å². The molecule has 0 bridgehead atoms. The molecule has 0 aliphatic rings. The van der Waals surface area contributed by atoms with Crippen molar-refractivity contribution in [1.29, 1.82) is 0 Å². The number of likely N-dealkylation sites (N-methyl/N-ethyl adjacent to an activating group) is 1. The molecule has 0 rings (SSSR count). The molecule has 2 heteroatoms. The third kappa shape index (κ3) is 3.92. The Bertz CT molecular complexity index is 28.7. The van der Waals surface area contributed by atoms with Gasteiger partial charge in [0.2, 0.25) is 0 Å². The Morgan fingerprint density at radius 3 is 2.00 bits per heavy atom. The zero-order chi connectivity index (χ0) is 4.99. The highest BCUT2D eigenvalue weighted by atomic mass is 16.3. The molecule has 0 fully saturated rings. The predicted octanol–water partition coefficient (Wildman–Crippen LogP) is -0.460. The average molecular weight is 92.1 g/mol. The maximum absolute atomic E-state index is 8.20. The predicted molar refractivity (Wildman–Crippen MR) is 25.6 cm³/mol. The summed E-state index contributed by atoms with van der Waals surface area (Å²) in [6.45, 7) is 1.02. The first-order valence-electron chi connectivity index (χ1n) is 2.03. The third-order valence-corrected chi connectivity index (χ3v) is 0.547. The highest BCUT2D eigenvalue weighted by molar-refractivity contribution is 4.34. The van der Waals surface area contributed by atoms with Gasteiger partial charge >= 0.3 is 0 Å². The highest BCUT2D eigenvalue weighted by Gasteiger charge is 1.80. The maximum atomic E-state index is 8.20. The van der Waals surface area contributed by atoms with E-state index in [0.29, 0.717) is 0 Å². The fourth-order valence-corrected chi connectivity index (χ4v) is 0.200. The van der Waals surface area contributed by atoms with Crippen LogP contribution >= 0.6 is 0 Å². The Balaban J connectivity index is 2.63.